The van der Waals surface area contributed by atoms with E-state index in [4.69, 9.17) is 5.26 Å². The lowest BCUT2D eigenvalue weighted by Gasteiger charge is -2.05. The van der Waals surface area contributed by atoms with Gasteiger partial charge >= 0.3 is 0 Å². The maximum Gasteiger partial charge on any atom is 0.271 e. The van der Waals surface area contributed by atoms with Crippen molar-refractivity contribution in [3.63, 3.8) is 0 Å². The Bertz CT molecular complexity index is 701. The summed E-state index contributed by atoms with van der Waals surface area (Å²) in [4.78, 5) is 4.27. The number of hydrogen-bond donors (Lipinski definition) is 1. The molecule has 0 radical (unpaired) electrons. The number of pyridine rings is 1. The first kappa shape index (κ1) is 13.0. The normalized spacial score (nSPS) is 10.9. The highest BCUT2D eigenvalue weighted by Crippen LogP contribution is 2.23. The van der Waals surface area contributed by atoms with E-state index in [1.54, 1.807) is 12.1 Å². The van der Waals surface area contributed by atoms with E-state index in [2.05, 4.69) is 25.6 Å². The van der Waals surface area contributed by atoms with E-state index in [0.717, 1.165) is 11.3 Å². The summed E-state index contributed by atoms with van der Waals surface area (Å²) in [6, 6.07) is 7.99. The molecule has 92 valence electrons. The zero-order valence-electron chi connectivity index (χ0n) is 8.79. The van der Waals surface area contributed by atoms with Crippen LogP contribution in [-0.2, 0) is 10.0 Å². The van der Waals surface area contributed by atoms with Gasteiger partial charge in [-0.2, -0.15) is 5.26 Å². The number of nitriles is 1. The average molecular weight is 344 g/mol. The summed E-state index contributed by atoms with van der Waals surface area (Å²) in [5.41, 5.74) is 0.366. The van der Waals surface area contributed by atoms with E-state index in [1.807, 2.05) is 6.07 Å². The van der Waals surface area contributed by atoms with Gasteiger partial charge in [0.1, 0.15) is 19.8 Å². The summed E-state index contributed by atoms with van der Waals surface area (Å²) in [5, 5.41) is 8.67. The summed E-state index contributed by atoms with van der Waals surface area (Å²) in [7, 11) is -3.65. The minimum Gasteiger partial charge on any atom is -0.277 e. The highest BCUT2D eigenvalue weighted by molar-refractivity contribution is 9.10. The quantitative estimate of drug-likeness (QED) is 0.868. The second-order valence-corrected chi connectivity index (χ2v) is 7.01. The number of sulfonamides is 1. The Hall–Kier alpha value is -1.43. The minimum atomic E-state index is -3.65. The SMILES string of the molecule is N#Cc1ccc(S(=O)(=O)Nc2ccc(Br)nc2)s1. The highest BCUT2D eigenvalue weighted by Gasteiger charge is 2.17. The van der Waals surface area contributed by atoms with E-state index in [1.165, 1.54) is 18.3 Å². The van der Waals surface area contributed by atoms with Crippen LogP contribution in [0.2, 0.25) is 0 Å². The average Bonchev–Trinajstić information content (AvgIpc) is 2.81. The Morgan fingerprint density at radius 3 is 2.67 bits per heavy atom. The summed E-state index contributed by atoms with van der Waals surface area (Å²) >= 11 is 4.08. The molecule has 0 aliphatic rings. The smallest absolute Gasteiger partial charge is 0.271 e. The van der Waals surface area contributed by atoms with Crippen LogP contribution in [0.15, 0.2) is 39.3 Å². The van der Waals surface area contributed by atoms with Crippen molar-refractivity contribution in [1.82, 2.24) is 4.98 Å². The van der Waals surface area contributed by atoms with Crippen molar-refractivity contribution in [3.05, 3.63) is 39.9 Å². The molecule has 0 amide bonds. The fourth-order valence-corrected chi connectivity index (χ4v) is 3.55. The van der Waals surface area contributed by atoms with Crippen molar-refractivity contribution in [2.24, 2.45) is 0 Å². The monoisotopic (exact) mass is 343 g/mol. The zero-order valence-corrected chi connectivity index (χ0v) is 12.0. The molecule has 0 saturated heterocycles. The maximum absolute atomic E-state index is 12.0. The third kappa shape index (κ3) is 2.87. The lowest BCUT2D eigenvalue weighted by Crippen LogP contribution is -2.11. The second-order valence-electron chi connectivity index (χ2n) is 3.21. The largest absolute Gasteiger partial charge is 0.277 e. The Labute approximate surface area is 116 Å². The summed E-state index contributed by atoms with van der Waals surface area (Å²) in [6.07, 6.45) is 1.40. The first-order valence-corrected chi connectivity index (χ1v) is 7.75. The Morgan fingerprint density at radius 2 is 2.11 bits per heavy atom. The van der Waals surface area contributed by atoms with Crippen molar-refractivity contribution in [2.45, 2.75) is 4.21 Å². The number of nitrogens with zero attached hydrogens (tertiary/aromatic N) is 2. The molecule has 0 fully saturated rings. The topological polar surface area (TPSA) is 82.8 Å². The van der Waals surface area contributed by atoms with Gasteiger partial charge in [0.2, 0.25) is 0 Å². The standard InChI is InChI=1S/C10H6BrN3O2S2/c11-9-3-1-7(6-13-9)14-18(15,16)10-4-2-8(5-12)17-10/h1-4,6,14H. The molecule has 18 heavy (non-hydrogen) atoms. The van der Waals surface area contributed by atoms with Crippen LogP contribution >= 0.6 is 27.3 Å². The molecule has 1 N–H and O–H groups in total. The fourth-order valence-electron chi connectivity index (χ4n) is 1.17. The van der Waals surface area contributed by atoms with Gasteiger partial charge in [-0.05, 0) is 40.2 Å². The van der Waals surface area contributed by atoms with Crippen LogP contribution in [0.4, 0.5) is 5.69 Å². The number of halogens is 1. The first-order valence-electron chi connectivity index (χ1n) is 4.65. The van der Waals surface area contributed by atoms with Crippen molar-refractivity contribution < 1.29 is 8.42 Å². The Morgan fingerprint density at radius 1 is 1.33 bits per heavy atom. The Balaban J connectivity index is 2.27. The minimum absolute atomic E-state index is 0.0990. The molecular formula is C10H6BrN3O2S2. The predicted octanol–water partition coefficient (Wildman–Crippen LogP) is 2.58. The van der Waals surface area contributed by atoms with E-state index in [0.29, 0.717) is 15.2 Å². The summed E-state index contributed by atoms with van der Waals surface area (Å²) in [6.45, 7) is 0. The maximum atomic E-state index is 12.0. The predicted molar refractivity (Wildman–Crippen MR) is 71.8 cm³/mol. The van der Waals surface area contributed by atoms with E-state index in [-0.39, 0.29) is 4.21 Å². The lowest BCUT2D eigenvalue weighted by molar-refractivity contribution is 0.603. The van der Waals surface area contributed by atoms with Gasteiger partial charge in [0.25, 0.3) is 10.0 Å². The lowest BCUT2D eigenvalue weighted by atomic mass is 10.4. The van der Waals surface area contributed by atoms with Crippen molar-refractivity contribution in [3.8, 4) is 6.07 Å². The van der Waals surface area contributed by atoms with Gasteiger partial charge in [-0.25, -0.2) is 13.4 Å². The molecule has 0 aromatic carbocycles. The number of anilines is 1. The number of aromatic nitrogens is 1. The molecule has 0 aliphatic heterocycles. The molecular weight excluding hydrogens is 338 g/mol. The summed E-state index contributed by atoms with van der Waals surface area (Å²) in [5.74, 6) is 0. The van der Waals surface area contributed by atoms with E-state index < -0.39 is 10.0 Å². The third-order valence-corrected chi connectivity index (χ3v) is 5.27. The molecule has 0 spiro atoms. The van der Waals surface area contributed by atoms with Crippen LogP contribution in [0.5, 0.6) is 0 Å². The van der Waals surface area contributed by atoms with Crippen LogP contribution in [0.25, 0.3) is 0 Å². The Kier molecular flexibility index (Phi) is 3.65. The van der Waals surface area contributed by atoms with Crippen molar-refractivity contribution in [1.29, 1.82) is 5.26 Å². The van der Waals surface area contributed by atoms with Gasteiger partial charge in [0.05, 0.1) is 11.9 Å². The van der Waals surface area contributed by atoms with Crippen LogP contribution in [0.3, 0.4) is 0 Å². The molecule has 8 heteroatoms. The van der Waals surface area contributed by atoms with Gasteiger partial charge in [-0.1, -0.05) is 0 Å². The van der Waals surface area contributed by atoms with Gasteiger partial charge in [0.15, 0.2) is 0 Å². The van der Waals surface area contributed by atoms with Gasteiger partial charge in [-0.15, -0.1) is 11.3 Å². The number of nitrogens with one attached hydrogen (secondary N) is 1. The molecule has 0 bridgehead atoms. The van der Waals surface area contributed by atoms with E-state index in [9.17, 15) is 8.42 Å². The molecule has 2 rings (SSSR count). The van der Waals surface area contributed by atoms with E-state index >= 15 is 0 Å². The molecule has 0 unspecified atom stereocenters. The van der Waals surface area contributed by atoms with Crippen molar-refractivity contribution >= 4 is 43.0 Å². The van der Waals surface area contributed by atoms with Crippen molar-refractivity contribution in [2.75, 3.05) is 4.72 Å². The van der Waals surface area contributed by atoms with Gasteiger partial charge in [0, 0.05) is 0 Å². The van der Waals surface area contributed by atoms with Crippen LogP contribution in [0.1, 0.15) is 4.88 Å². The molecule has 0 aliphatic carbocycles. The van der Waals surface area contributed by atoms with Crippen LogP contribution in [-0.4, -0.2) is 13.4 Å². The molecule has 2 aromatic rings. The zero-order chi connectivity index (χ0) is 13.2. The third-order valence-electron chi connectivity index (χ3n) is 1.94. The molecule has 2 aromatic heterocycles. The van der Waals surface area contributed by atoms with Gasteiger partial charge < -0.3 is 0 Å². The van der Waals surface area contributed by atoms with Gasteiger partial charge in [-0.3, -0.25) is 4.72 Å². The van der Waals surface area contributed by atoms with Crippen LogP contribution in [0, 0.1) is 11.3 Å². The fraction of sp³-hybridized carbons (Fsp3) is 0. The second kappa shape index (κ2) is 5.06. The molecule has 5 nitrogen and oxygen atoms in total. The molecule has 2 heterocycles. The number of thiophene rings is 1. The highest BCUT2D eigenvalue weighted by atomic mass is 79.9. The van der Waals surface area contributed by atoms with Crippen LogP contribution < -0.4 is 4.72 Å². The number of rotatable bonds is 3. The molecule has 0 saturated carbocycles. The summed E-state index contributed by atoms with van der Waals surface area (Å²) < 4.78 is 27.0. The molecule has 0 atom stereocenters. The number of hydrogen-bond acceptors (Lipinski definition) is 5. The first-order chi connectivity index (χ1) is 8.51.